The normalized spacial score (nSPS) is 18.1. The Morgan fingerprint density at radius 1 is 1.00 bits per heavy atom. The molecule has 1 atom stereocenters. The van der Waals surface area contributed by atoms with E-state index in [1.54, 1.807) is 12.4 Å². The van der Waals surface area contributed by atoms with Gasteiger partial charge in [-0.2, -0.15) is 0 Å². The van der Waals surface area contributed by atoms with E-state index in [2.05, 4.69) is 50.5 Å². The number of rotatable bonds is 4. The first-order valence-electron chi connectivity index (χ1n) is 11.5. The highest BCUT2D eigenvalue weighted by atomic mass is 16.1. The minimum Gasteiger partial charge on any atom is -0.398 e. The van der Waals surface area contributed by atoms with Crippen molar-refractivity contribution < 1.29 is 4.79 Å². The van der Waals surface area contributed by atoms with Gasteiger partial charge in [0.05, 0.1) is 24.1 Å². The van der Waals surface area contributed by atoms with Crippen LogP contribution >= 0.6 is 0 Å². The number of fused-ring (bicyclic) bond motifs is 1. The second kappa shape index (κ2) is 8.99. The number of carbonyl (C=O) groups is 1. The number of benzene rings is 2. The number of carbonyl (C=O) groups excluding carboxylic acids is 1. The standard InChI is InChI=1S/C26H29N5O/c27-22-12-11-19(31-13-4-1-5-14-31)15-21(22)24-16-29-25(17-28-24)26(32)30-23-10-6-8-18-7-2-3-9-20(18)23/h2-3,7,9,11-12,15-17,23H,1,4-6,8,10,13-14,27H2,(H,30,32). The third kappa shape index (κ3) is 4.17. The number of anilines is 2. The van der Waals surface area contributed by atoms with Crippen LogP contribution in [0.3, 0.4) is 0 Å². The van der Waals surface area contributed by atoms with E-state index < -0.39 is 0 Å². The zero-order valence-electron chi connectivity index (χ0n) is 18.3. The minimum atomic E-state index is -0.194. The van der Waals surface area contributed by atoms with Gasteiger partial charge in [-0.25, -0.2) is 4.98 Å². The van der Waals surface area contributed by atoms with Crippen LogP contribution < -0.4 is 16.0 Å². The molecule has 0 bridgehead atoms. The highest BCUT2D eigenvalue weighted by Crippen LogP contribution is 2.31. The average molecular weight is 428 g/mol. The lowest BCUT2D eigenvalue weighted by molar-refractivity contribution is 0.0927. The number of aryl methyl sites for hydroxylation is 1. The molecular weight excluding hydrogens is 398 g/mol. The smallest absolute Gasteiger partial charge is 0.271 e. The Balaban J connectivity index is 1.33. The maximum Gasteiger partial charge on any atom is 0.271 e. The minimum absolute atomic E-state index is 0.0193. The molecule has 1 aromatic heterocycles. The van der Waals surface area contributed by atoms with Gasteiger partial charge in [0.1, 0.15) is 5.69 Å². The summed E-state index contributed by atoms with van der Waals surface area (Å²) in [6.07, 6.45) is 9.99. The van der Waals surface area contributed by atoms with Crippen molar-refractivity contribution in [2.24, 2.45) is 0 Å². The van der Waals surface area contributed by atoms with E-state index in [0.29, 0.717) is 17.1 Å². The average Bonchev–Trinajstić information content (AvgIpc) is 2.85. The summed E-state index contributed by atoms with van der Waals surface area (Å²) in [6, 6.07) is 14.4. The molecule has 1 aliphatic carbocycles. The summed E-state index contributed by atoms with van der Waals surface area (Å²) in [4.78, 5) is 24.2. The van der Waals surface area contributed by atoms with Gasteiger partial charge >= 0.3 is 0 Å². The number of amides is 1. The third-order valence-electron chi connectivity index (χ3n) is 6.59. The third-order valence-corrected chi connectivity index (χ3v) is 6.59. The molecule has 5 rings (SSSR count). The van der Waals surface area contributed by atoms with Crippen LogP contribution in [0.15, 0.2) is 54.9 Å². The predicted octanol–water partition coefficient (Wildman–Crippen LogP) is 4.52. The molecule has 2 aliphatic rings. The summed E-state index contributed by atoms with van der Waals surface area (Å²) in [5.41, 5.74) is 12.5. The van der Waals surface area contributed by atoms with Gasteiger partial charge in [-0.1, -0.05) is 24.3 Å². The molecule has 164 valence electrons. The zero-order valence-corrected chi connectivity index (χ0v) is 18.3. The molecule has 1 aliphatic heterocycles. The summed E-state index contributed by atoms with van der Waals surface area (Å²) in [5, 5.41) is 3.14. The van der Waals surface area contributed by atoms with E-state index in [9.17, 15) is 4.79 Å². The summed E-state index contributed by atoms with van der Waals surface area (Å²) in [6.45, 7) is 2.14. The Bertz CT molecular complexity index is 1110. The molecule has 0 saturated carbocycles. The fourth-order valence-electron chi connectivity index (χ4n) is 4.84. The van der Waals surface area contributed by atoms with Crippen molar-refractivity contribution in [3.8, 4) is 11.3 Å². The van der Waals surface area contributed by atoms with Crippen molar-refractivity contribution >= 4 is 17.3 Å². The first-order valence-corrected chi connectivity index (χ1v) is 11.5. The lowest BCUT2D eigenvalue weighted by Crippen LogP contribution is -2.31. The second-order valence-electron chi connectivity index (χ2n) is 8.72. The van der Waals surface area contributed by atoms with E-state index in [1.807, 2.05) is 12.1 Å². The molecule has 32 heavy (non-hydrogen) atoms. The Morgan fingerprint density at radius 3 is 2.66 bits per heavy atom. The molecule has 3 N–H and O–H groups in total. The first-order chi connectivity index (χ1) is 15.7. The van der Waals surface area contributed by atoms with E-state index in [0.717, 1.165) is 43.6 Å². The highest BCUT2D eigenvalue weighted by molar-refractivity contribution is 5.92. The molecule has 1 saturated heterocycles. The molecule has 2 aromatic carbocycles. The highest BCUT2D eigenvalue weighted by Gasteiger charge is 2.22. The zero-order chi connectivity index (χ0) is 21.9. The maximum absolute atomic E-state index is 12.9. The lowest BCUT2D eigenvalue weighted by Gasteiger charge is -2.29. The number of hydrogen-bond acceptors (Lipinski definition) is 5. The number of nitrogen functional groups attached to an aromatic ring is 1. The van der Waals surface area contributed by atoms with Gasteiger partial charge in [0.2, 0.25) is 0 Å². The summed E-state index contributed by atoms with van der Waals surface area (Å²) in [5.74, 6) is -0.194. The number of hydrogen-bond donors (Lipinski definition) is 2. The Labute approximate surface area is 188 Å². The van der Waals surface area contributed by atoms with Crippen LogP contribution in [0, 0.1) is 0 Å². The number of nitrogens with two attached hydrogens (primary N) is 1. The van der Waals surface area contributed by atoms with Crippen LogP contribution in [0.5, 0.6) is 0 Å². The molecule has 3 aromatic rings. The number of nitrogens with one attached hydrogen (secondary N) is 1. The SMILES string of the molecule is Nc1ccc(N2CCCCC2)cc1-c1cnc(C(=O)NC2CCCc3ccccc32)cn1. The van der Waals surface area contributed by atoms with Crippen LogP contribution in [-0.4, -0.2) is 29.0 Å². The van der Waals surface area contributed by atoms with Gasteiger partial charge in [0, 0.05) is 30.0 Å². The van der Waals surface area contributed by atoms with E-state index in [1.165, 1.54) is 30.4 Å². The van der Waals surface area contributed by atoms with Crippen LogP contribution in [0.1, 0.15) is 59.8 Å². The molecule has 1 unspecified atom stereocenters. The van der Waals surface area contributed by atoms with Crippen LogP contribution in [0.2, 0.25) is 0 Å². The van der Waals surface area contributed by atoms with Crippen molar-refractivity contribution in [3.05, 3.63) is 71.7 Å². The Morgan fingerprint density at radius 2 is 1.84 bits per heavy atom. The molecule has 6 heteroatoms. The van der Waals surface area contributed by atoms with Gasteiger partial charge in [-0.05, 0) is 67.9 Å². The van der Waals surface area contributed by atoms with Crippen molar-refractivity contribution in [3.63, 3.8) is 0 Å². The van der Waals surface area contributed by atoms with Crippen molar-refractivity contribution in [1.29, 1.82) is 0 Å². The van der Waals surface area contributed by atoms with Gasteiger partial charge in [-0.3, -0.25) is 9.78 Å². The number of piperidine rings is 1. The monoisotopic (exact) mass is 427 g/mol. The van der Waals surface area contributed by atoms with Gasteiger partial charge in [-0.15, -0.1) is 0 Å². The molecular formula is C26H29N5O. The molecule has 0 spiro atoms. The number of nitrogens with zero attached hydrogens (tertiary/aromatic N) is 3. The summed E-state index contributed by atoms with van der Waals surface area (Å²) in [7, 11) is 0. The molecule has 0 radical (unpaired) electrons. The van der Waals surface area contributed by atoms with E-state index >= 15 is 0 Å². The molecule has 2 heterocycles. The van der Waals surface area contributed by atoms with Gasteiger partial charge in [0.15, 0.2) is 0 Å². The van der Waals surface area contributed by atoms with Gasteiger partial charge in [0.25, 0.3) is 5.91 Å². The van der Waals surface area contributed by atoms with Crippen molar-refractivity contribution in [2.45, 2.75) is 44.6 Å². The fourth-order valence-corrected chi connectivity index (χ4v) is 4.84. The quantitative estimate of drug-likeness (QED) is 0.598. The topological polar surface area (TPSA) is 84.1 Å². The second-order valence-corrected chi connectivity index (χ2v) is 8.72. The van der Waals surface area contributed by atoms with Crippen LogP contribution in [0.25, 0.3) is 11.3 Å². The van der Waals surface area contributed by atoms with E-state index in [4.69, 9.17) is 5.73 Å². The van der Waals surface area contributed by atoms with E-state index in [-0.39, 0.29) is 11.9 Å². The van der Waals surface area contributed by atoms with Crippen molar-refractivity contribution in [2.75, 3.05) is 23.7 Å². The fraction of sp³-hybridized carbons (Fsp3) is 0.346. The summed E-state index contributed by atoms with van der Waals surface area (Å²) >= 11 is 0. The Hall–Kier alpha value is -3.41. The number of aromatic nitrogens is 2. The summed E-state index contributed by atoms with van der Waals surface area (Å²) < 4.78 is 0. The molecule has 1 amide bonds. The largest absolute Gasteiger partial charge is 0.398 e. The molecule has 1 fully saturated rings. The first kappa shape index (κ1) is 20.5. The Kier molecular flexibility index (Phi) is 5.75. The van der Waals surface area contributed by atoms with Crippen molar-refractivity contribution in [1.82, 2.24) is 15.3 Å². The van der Waals surface area contributed by atoms with Crippen LogP contribution in [0.4, 0.5) is 11.4 Å². The van der Waals surface area contributed by atoms with Crippen LogP contribution in [-0.2, 0) is 6.42 Å². The lowest BCUT2D eigenvalue weighted by atomic mass is 9.88. The predicted molar refractivity (Wildman–Crippen MR) is 128 cm³/mol. The van der Waals surface area contributed by atoms with Gasteiger partial charge < -0.3 is 16.0 Å². The molecule has 6 nitrogen and oxygen atoms in total. The maximum atomic E-state index is 12.9.